The SMILES string of the molecule is C[C@@H](NC(=O)c1cc(S(=O)(=O)N2CCCC2)cn1C)c1ccccc1. The Morgan fingerprint density at radius 3 is 2.44 bits per heavy atom. The number of carbonyl (C=O) groups excluding carboxylic acids is 1. The molecule has 1 fully saturated rings. The number of benzene rings is 1. The highest BCUT2D eigenvalue weighted by atomic mass is 32.2. The van der Waals surface area contributed by atoms with Crippen LogP contribution in [0.5, 0.6) is 0 Å². The van der Waals surface area contributed by atoms with Crippen molar-refractivity contribution in [3.63, 3.8) is 0 Å². The Bertz CT molecular complexity index is 853. The van der Waals surface area contributed by atoms with E-state index in [1.54, 1.807) is 11.6 Å². The topological polar surface area (TPSA) is 71.4 Å². The lowest BCUT2D eigenvalue weighted by Crippen LogP contribution is -2.28. The molecule has 0 radical (unpaired) electrons. The summed E-state index contributed by atoms with van der Waals surface area (Å²) in [7, 11) is -1.84. The van der Waals surface area contributed by atoms with Crippen molar-refractivity contribution in [1.82, 2.24) is 14.2 Å². The number of aromatic nitrogens is 1. The van der Waals surface area contributed by atoms with Crippen molar-refractivity contribution >= 4 is 15.9 Å². The second kappa shape index (κ2) is 7.01. The Balaban J connectivity index is 1.79. The molecule has 7 heteroatoms. The molecule has 6 nitrogen and oxygen atoms in total. The van der Waals surface area contributed by atoms with Crippen LogP contribution in [0.4, 0.5) is 0 Å². The molecule has 1 aromatic heterocycles. The van der Waals surface area contributed by atoms with Gasteiger partial charge in [-0.05, 0) is 31.4 Å². The smallest absolute Gasteiger partial charge is 0.268 e. The van der Waals surface area contributed by atoms with Gasteiger partial charge in [0.25, 0.3) is 5.91 Å². The number of carbonyl (C=O) groups is 1. The molecule has 25 heavy (non-hydrogen) atoms. The third-order valence-corrected chi connectivity index (χ3v) is 6.43. The summed E-state index contributed by atoms with van der Waals surface area (Å²) in [4.78, 5) is 12.7. The van der Waals surface area contributed by atoms with E-state index in [0.29, 0.717) is 18.8 Å². The maximum absolute atomic E-state index is 12.6. The van der Waals surface area contributed by atoms with E-state index in [0.717, 1.165) is 18.4 Å². The standard InChI is InChI=1S/C18H23N3O3S/c1-14(15-8-4-3-5-9-15)19-18(22)17-12-16(13-20(17)2)25(23,24)21-10-6-7-11-21/h3-5,8-9,12-14H,6-7,10-11H2,1-2H3,(H,19,22)/t14-/m1/s1. The van der Waals surface area contributed by atoms with Crippen LogP contribution in [-0.4, -0.2) is 36.3 Å². The lowest BCUT2D eigenvalue weighted by Gasteiger charge is -2.14. The highest BCUT2D eigenvalue weighted by molar-refractivity contribution is 7.89. The zero-order chi connectivity index (χ0) is 18.0. The van der Waals surface area contributed by atoms with Crippen molar-refractivity contribution in [2.24, 2.45) is 7.05 Å². The Hall–Kier alpha value is -2.12. The first-order valence-corrected chi connectivity index (χ1v) is 9.86. The van der Waals surface area contributed by atoms with Crippen LogP contribution >= 0.6 is 0 Å². The van der Waals surface area contributed by atoms with Gasteiger partial charge in [0.2, 0.25) is 10.0 Å². The number of hydrogen-bond donors (Lipinski definition) is 1. The van der Waals surface area contributed by atoms with E-state index in [4.69, 9.17) is 0 Å². The van der Waals surface area contributed by atoms with Crippen molar-refractivity contribution in [2.75, 3.05) is 13.1 Å². The molecule has 0 saturated carbocycles. The van der Waals surface area contributed by atoms with E-state index in [1.165, 1.54) is 16.6 Å². The molecule has 1 aromatic carbocycles. The molecule has 3 rings (SSSR count). The molecule has 1 atom stereocenters. The van der Waals surface area contributed by atoms with Gasteiger partial charge in [-0.15, -0.1) is 0 Å². The summed E-state index contributed by atoms with van der Waals surface area (Å²) in [5.74, 6) is -0.290. The molecular formula is C18H23N3O3S. The minimum Gasteiger partial charge on any atom is -0.345 e. The summed E-state index contributed by atoms with van der Waals surface area (Å²) in [5, 5.41) is 2.92. The molecule has 2 heterocycles. The summed E-state index contributed by atoms with van der Waals surface area (Å²) in [6.45, 7) is 2.99. The summed E-state index contributed by atoms with van der Waals surface area (Å²) >= 11 is 0. The lowest BCUT2D eigenvalue weighted by atomic mass is 10.1. The largest absolute Gasteiger partial charge is 0.345 e. The molecule has 134 valence electrons. The van der Waals surface area contributed by atoms with Crippen LogP contribution in [0.3, 0.4) is 0 Å². The highest BCUT2D eigenvalue weighted by Crippen LogP contribution is 2.23. The van der Waals surface area contributed by atoms with Crippen molar-refractivity contribution in [3.8, 4) is 0 Å². The Morgan fingerprint density at radius 2 is 1.80 bits per heavy atom. The maximum atomic E-state index is 12.6. The van der Waals surface area contributed by atoms with E-state index < -0.39 is 10.0 Å². The number of hydrogen-bond acceptors (Lipinski definition) is 3. The van der Waals surface area contributed by atoms with Crippen LogP contribution in [0.2, 0.25) is 0 Å². The average molecular weight is 361 g/mol. The molecule has 1 saturated heterocycles. The monoisotopic (exact) mass is 361 g/mol. The summed E-state index contributed by atoms with van der Waals surface area (Å²) < 4.78 is 28.3. The molecule has 1 N–H and O–H groups in total. The van der Waals surface area contributed by atoms with Gasteiger partial charge in [0.1, 0.15) is 10.6 Å². The highest BCUT2D eigenvalue weighted by Gasteiger charge is 2.29. The van der Waals surface area contributed by atoms with Gasteiger partial charge < -0.3 is 9.88 Å². The van der Waals surface area contributed by atoms with Gasteiger partial charge >= 0.3 is 0 Å². The van der Waals surface area contributed by atoms with E-state index in [-0.39, 0.29) is 16.8 Å². The number of sulfonamides is 1. The van der Waals surface area contributed by atoms with Gasteiger partial charge in [-0.2, -0.15) is 4.31 Å². The van der Waals surface area contributed by atoms with E-state index in [9.17, 15) is 13.2 Å². The van der Waals surface area contributed by atoms with Crippen LogP contribution in [0.25, 0.3) is 0 Å². The van der Waals surface area contributed by atoms with Gasteiger partial charge in [-0.3, -0.25) is 4.79 Å². The first kappa shape index (κ1) is 17.7. The fourth-order valence-corrected chi connectivity index (χ4v) is 4.66. The fourth-order valence-electron chi connectivity index (χ4n) is 3.07. The summed E-state index contributed by atoms with van der Waals surface area (Å²) in [6.07, 6.45) is 3.28. The molecule has 0 unspecified atom stereocenters. The van der Waals surface area contributed by atoms with E-state index in [1.807, 2.05) is 37.3 Å². The normalized spacial score (nSPS) is 16.7. The minimum absolute atomic E-state index is 0.165. The van der Waals surface area contributed by atoms with Crippen LogP contribution < -0.4 is 5.32 Å². The van der Waals surface area contributed by atoms with Crippen molar-refractivity contribution in [2.45, 2.75) is 30.7 Å². The first-order chi connectivity index (χ1) is 11.9. The van der Waals surface area contributed by atoms with Crippen molar-refractivity contribution in [1.29, 1.82) is 0 Å². The Labute approximate surface area is 148 Å². The molecule has 1 aliphatic rings. The molecule has 2 aromatic rings. The number of amides is 1. The second-order valence-electron chi connectivity index (χ2n) is 6.39. The van der Waals surface area contributed by atoms with Crippen molar-refractivity contribution in [3.05, 3.63) is 53.9 Å². The van der Waals surface area contributed by atoms with Gasteiger partial charge in [-0.25, -0.2) is 8.42 Å². The zero-order valence-electron chi connectivity index (χ0n) is 14.5. The molecule has 0 bridgehead atoms. The lowest BCUT2D eigenvalue weighted by molar-refractivity contribution is 0.0931. The average Bonchev–Trinajstić information content (AvgIpc) is 3.25. The minimum atomic E-state index is -3.52. The number of nitrogens with one attached hydrogen (secondary N) is 1. The van der Waals surface area contributed by atoms with Crippen LogP contribution in [0, 0.1) is 0 Å². The fraction of sp³-hybridized carbons (Fsp3) is 0.389. The molecular weight excluding hydrogens is 338 g/mol. The second-order valence-corrected chi connectivity index (χ2v) is 8.33. The zero-order valence-corrected chi connectivity index (χ0v) is 15.3. The first-order valence-electron chi connectivity index (χ1n) is 8.42. The van der Waals surface area contributed by atoms with Gasteiger partial charge in [0.05, 0.1) is 6.04 Å². The van der Waals surface area contributed by atoms with Gasteiger partial charge in [0.15, 0.2) is 0 Å². The molecule has 0 aliphatic carbocycles. The maximum Gasteiger partial charge on any atom is 0.268 e. The number of aryl methyl sites for hydroxylation is 1. The van der Waals surface area contributed by atoms with Crippen LogP contribution in [0.15, 0.2) is 47.5 Å². The predicted molar refractivity (Wildman–Crippen MR) is 95.7 cm³/mol. The van der Waals surface area contributed by atoms with Gasteiger partial charge in [0, 0.05) is 26.3 Å². The molecule has 0 spiro atoms. The quantitative estimate of drug-likeness (QED) is 0.888. The third-order valence-electron chi connectivity index (χ3n) is 4.56. The van der Waals surface area contributed by atoms with Crippen LogP contribution in [0.1, 0.15) is 41.9 Å². The van der Waals surface area contributed by atoms with Gasteiger partial charge in [-0.1, -0.05) is 30.3 Å². The Morgan fingerprint density at radius 1 is 1.16 bits per heavy atom. The molecule has 1 amide bonds. The van der Waals surface area contributed by atoms with Crippen molar-refractivity contribution < 1.29 is 13.2 Å². The Kier molecular flexibility index (Phi) is 4.96. The summed E-state index contributed by atoms with van der Waals surface area (Å²) in [5.41, 5.74) is 1.33. The summed E-state index contributed by atoms with van der Waals surface area (Å²) in [6, 6.07) is 10.9. The number of nitrogens with zero attached hydrogens (tertiary/aromatic N) is 2. The third kappa shape index (κ3) is 3.62. The van der Waals surface area contributed by atoms with E-state index in [2.05, 4.69) is 5.32 Å². The molecule has 1 aliphatic heterocycles. The predicted octanol–water partition coefficient (Wildman–Crippen LogP) is 2.30. The number of rotatable bonds is 5. The van der Waals surface area contributed by atoms with Crippen LogP contribution in [-0.2, 0) is 17.1 Å². The van der Waals surface area contributed by atoms with E-state index >= 15 is 0 Å².